The van der Waals surface area contributed by atoms with Crippen molar-refractivity contribution in [3.05, 3.63) is 12.0 Å². The Morgan fingerprint density at radius 3 is 2.50 bits per heavy atom. The molecule has 8 heavy (non-hydrogen) atoms. The van der Waals surface area contributed by atoms with Crippen LogP contribution in [0.1, 0.15) is 5.82 Å². The predicted molar refractivity (Wildman–Crippen MR) is 29.6 cm³/mol. The van der Waals surface area contributed by atoms with Crippen LogP contribution in [0, 0.1) is 6.92 Å². The van der Waals surface area contributed by atoms with Gasteiger partial charge in [0.15, 0.2) is 0 Å². The smallest absolute Gasteiger partial charge is 0.211 e. The third-order valence-corrected chi connectivity index (χ3v) is 1.20. The number of hydrogen-bond donors (Lipinski definition) is 1. The van der Waals surface area contributed by atoms with E-state index in [1.807, 2.05) is 6.92 Å². The Kier molecular flexibility index (Phi) is 0.970. The van der Waals surface area contributed by atoms with Crippen LogP contribution in [0.15, 0.2) is 6.20 Å². The average Bonchev–Trinajstić information content (AvgIpc) is 1.98. The number of nitrogens with zero attached hydrogens (tertiary/aromatic N) is 2. The van der Waals surface area contributed by atoms with Crippen molar-refractivity contribution in [1.29, 1.82) is 0 Å². The summed E-state index contributed by atoms with van der Waals surface area (Å²) in [5.41, 5.74) is 0. The first-order chi connectivity index (χ1) is 3.72. The van der Waals surface area contributed by atoms with Gasteiger partial charge >= 0.3 is 0 Å². The van der Waals surface area contributed by atoms with Crippen molar-refractivity contribution in [2.75, 3.05) is 0 Å². The van der Waals surface area contributed by atoms with Crippen LogP contribution in [0.2, 0.25) is 0 Å². The molecule has 0 unspecified atom stereocenters. The first-order valence-electron chi connectivity index (χ1n) is 2.39. The molecule has 44 valence electrons. The third kappa shape index (κ3) is 0.559. The highest BCUT2D eigenvalue weighted by atomic mass is 16.3. The molecular weight excluding hydrogens is 104 g/mol. The lowest BCUT2D eigenvalue weighted by Crippen LogP contribution is -1.88. The molecule has 0 amide bonds. The van der Waals surface area contributed by atoms with Gasteiger partial charge in [-0.15, -0.1) is 0 Å². The van der Waals surface area contributed by atoms with Crippen LogP contribution in [-0.4, -0.2) is 14.7 Å². The molecule has 1 rings (SSSR count). The Balaban J connectivity index is 3.19. The predicted octanol–water partition coefficient (Wildman–Crippen LogP) is 0.434. The Labute approximate surface area is 47.6 Å². The largest absolute Gasteiger partial charge is 0.493 e. The number of aryl methyl sites for hydroxylation is 1. The summed E-state index contributed by atoms with van der Waals surface area (Å²) in [5.74, 6) is 1.03. The number of aromatic nitrogens is 2. The van der Waals surface area contributed by atoms with Crippen LogP contribution in [0.25, 0.3) is 0 Å². The lowest BCUT2D eigenvalue weighted by Gasteiger charge is -1.92. The highest BCUT2D eigenvalue weighted by Gasteiger charge is 1.95. The van der Waals surface area contributed by atoms with Crippen LogP contribution in [-0.2, 0) is 7.05 Å². The Morgan fingerprint density at radius 1 is 1.75 bits per heavy atom. The minimum absolute atomic E-state index is 0.211. The molecule has 0 aliphatic heterocycles. The molecule has 3 nitrogen and oxygen atoms in total. The Bertz CT molecular complexity index is 173. The van der Waals surface area contributed by atoms with E-state index in [2.05, 4.69) is 4.98 Å². The zero-order valence-corrected chi connectivity index (χ0v) is 4.92. The fourth-order valence-corrected chi connectivity index (χ4v) is 0.490. The second-order valence-electron chi connectivity index (χ2n) is 1.72. The standard InChI is InChI=1S/C5H8N2O/c1-4-6-3-5(8)7(4)2/h3,8H,1-2H3. The van der Waals surface area contributed by atoms with Gasteiger partial charge in [0.1, 0.15) is 5.82 Å². The molecule has 0 bridgehead atoms. The molecule has 0 atom stereocenters. The normalized spacial score (nSPS) is 9.75. The molecule has 0 aromatic carbocycles. The average molecular weight is 112 g/mol. The lowest BCUT2D eigenvalue weighted by molar-refractivity contribution is 0.430. The number of imidazole rings is 1. The maximum Gasteiger partial charge on any atom is 0.211 e. The van der Waals surface area contributed by atoms with E-state index in [0.717, 1.165) is 5.82 Å². The van der Waals surface area contributed by atoms with Gasteiger partial charge in [0.05, 0.1) is 6.20 Å². The number of hydrogen-bond acceptors (Lipinski definition) is 2. The Hall–Kier alpha value is -0.990. The maximum atomic E-state index is 8.84. The molecule has 0 spiro atoms. The summed E-state index contributed by atoms with van der Waals surface area (Å²) in [7, 11) is 1.76. The van der Waals surface area contributed by atoms with Gasteiger partial charge in [-0.05, 0) is 6.92 Å². The zero-order valence-electron chi connectivity index (χ0n) is 4.92. The molecule has 0 fully saturated rings. The SMILES string of the molecule is Cc1ncc(O)n1C. The van der Waals surface area contributed by atoms with Crippen LogP contribution >= 0.6 is 0 Å². The third-order valence-electron chi connectivity index (χ3n) is 1.20. The second-order valence-corrected chi connectivity index (χ2v) is 1.72. The fraction of sp³-hybridized carbons (Fsp3) is 0.400. The van der Waals surface area contributed by atoms with Crippen LogP contribution < -0.4 is 0 Å². The number of aromatic hydroxyl groups is 1. The van der Waals surface area contributed by atoms with Crippen molar-refractivity contribution in [3.63, 3.8) is 0 Å². The summed E-state index contributed by atoms with van der Waals surface area (Å²) < 4.78 is 1.61. The van der Waals surface area contributed by atoms with E-state index in [1.165, 1.54) is 6.20 Å². The molecule has 3 heteroatoms. The van der Waals surface area contributed by atoms with E-state index in [1.54, 1.807) is 11.6 Å². The van der Waals surface area contributed by atoms with Crippen molar-refractivity contribution < 1.29 is 5.11 Å². The maximum absolute atomic E-state index is 8.84. The van der Waals surface area contributed by atoms with Gasteiger partial charge in [0.2, 0.25) is 5.88 Å². The molecule has 1 N–H and O–H groups in total. The quantitative estimate of drug-likeness (QED) is 0.528. The van der Waals surface area contributed by atoms with Gasteiger partial charge in [0.25, 0.3) is 0 Å². The van der Waals surface area contributed by atoms with E-state index in [9.17, 15) is 0 Å². The van der Waals surface area contributed by atoms with Gasteiger partial charge in [-0.3, -0.25) is 0 Å². The van der Waals surface area contributed by atoms with E-state index in [0.29, 0.717) is 0 Å². The van der Waals surface area contributed by atoms with Crippen molar-refractivity contribution in [3.8, 4) is 5.88 Å². The highest BCUT2D eigenvalue weighted by molar-refractivity contribution is 5.06. The summed E-state index contributed by atoms with van der Waals surface area (Å²) in [6, 6.07) is 0. The van der Waals surface area contributed by atoms with Crippen molar-refractivity contribution in [2.45, 2.75) is 6.92 Å². The van der Waals surface area contributed by atoms with Gasteiger partial charge in [-0.1, -0.05) is 0 Å². The van der Waals surface area contributed by atoms with Crippen molar-refractivity contribution in [2.24, 2.45) is 7.05 Å². The summed E-state index contributed by atoms with van der Waals surface area (Å²) in [6.07, 6.45) is 1.43. The molecule has 0 radical (unpaired) electrons. The molecule has 0 saturated heterocycles. The Morgan fingerprint density at radius 2 is 2.38 bits per heavy atom. The van der Waals surface area contributed by atoms with E-state index in [4.69, 9.17) is 5.11 Å². The minimum Gasteiger partial charge on any atom is -0.493 e. The molecule has 0 aliphatic rings. The second kappa shape index (κ2) is 1.51. The van der Waals surface area contributed by atoms with E-state index >= 15 is 0 Å². The van der Waals surface area contributed by atoms with Crippen molar-refractivity contribution in [1.82, 2.24) is 9.55 Å². The molecule has 1 aromatic rings. The molecule has 1 aromatic heterocycles. The molecule has 0 aliphatic carbocycles. The summed E-state index contributed by atoms with van der Waals surface area (Å²) >= 11 is 0. The number of rotatable bonds is 0. The van der Waals surface area contributed by atoms with Gasteiger partial charge in [0, 0.05) is 7.05 Å². The van der Waals surface area contributed by atoms with E-state index < -0.39 is 0 Å². The van der Waals surface area contributed by atoms with Crippen LogP contribution in [0.5, 0.6) is 5.88 Å². The van der Waals surface area contributed by atoms with Crippen molar-refractivity contribution >= 4 is 0 Å². The molecule has 1 heterocycles. The monoisotopic (exact) mass is 112 g/mol. The molecular formula is C5H8N2O. The van der Waals surface area contributed by atoms with Gasteiger partial charge in [-0.25, -0.2) is 4.98 Å². The van der Waals surface area contributed by atoms with Crippen LogP contribution in [0.4, 0.5) is 0 Å². The van der Waals surface area contributed by atoms with E-state index in [-0.39, 0.29) is 5.88 Å². The van der Waals surface area contributed by atoms with Gasteiger partial charge in [-0.2, -0.15) is 0 Å². The summed E-state index contributed by atoms with van der Waals surface area (Å²) in [5, 5.41) is 8.84. The molecule has 0 saturated carbocycles. The van der Waals surface area contributed by atoms with Crippen LogP contribution in [0.3, 0.4) is 0 Å². The highest BCUT2D eigenvalue weighted by Crippen LogP contribution is 2.06. The first kappa shape index (κ1) is 5.15. The van der Waals surface area contributed by atoms with Gasteiger partial charge < -0.3 is 9.67 Å². The zero-order chi connectivity index (χ0) is 6.15. The summed E-state index contributed by atoms with van der Waals surface area (Å²) in [4.78, 5) is 3.83. The topological polar surface area (TPSA) is 38.1 Å². The summed E-state index contributed by atoms with van der Waals surface area (Å²) in [6.45, 7) is 1.83. The first-order valence-corrected chi connectivity index (χ1v) is 2.39. The fourth-order valence-electron chi connectivity index (χ4n) is 0.490. The lowest BCUT2D eigenvalue weighted by atomic mass is 10.7. The minimum atomic E-state index is 0.211.